The number of benzene rings is 1. The standard InChI is InChI=1S/C12H18BrNOS/c1-3-16(15)9-8-14-10(2)11-6-4-5-7-12(11)13/h4-7,10,14H,3,8-9H2,1-2H3. The second-order valence-electron chi connectivity index (χ2n) is 3.63. The fourth-order valence-electron chi connectivity index (χ4n) is 1.47. The summed E-state index contributed by atoms with van der Waals surface area (Å²) in [5.41, 5.74) is 1.24. The molecule has 1 aromatic rings. The normalized spacial score (nSPS) is 14.7. The third kappa shape index (κ3) is 4.36. The number of hydrogen-bond donors (Lipinski definition) is 1. The van der Waals surface area contributed by atoms with Gasteiger partial charge in [-0.1, -0.05) is 41.1 Å². The van der Waals surface area contributed by atoms with Crippen molar-refractivity contribution in [1.29, 1.82) is 0 Å². The summed E-state index contributed by atoms with van der Waals surface area (Å²) >= 11 is 3.53. The van der Waals surface area contributed by atoms with Gasteiger partial charge in [-0.15, -0.1) is 0 Å². The molecule has 0 aromatic heterocycles. The molecule has 1 rings (SSSR count). The quantitative estimate of drug-likeness (QED) is 0.875. The minimum atomic E-state index is -0.679. The van der Waals surface area contributed by atoms with Crippen LogP contribution in [0.1, 0.15) is 25.5 Å². The van der Waals surface area contributed by atoms with Gasteiger partial charge in [-0.25, -0.2) is 0 Å². The van der Waals surface area contributed by atoms with E-state index in [9.17, 15) is 4.21 Å². The van der Waals surface area contributed by atoms with Crippen molar-refractivity contribution in [2.75, 3.05) is 18.1 Å². The molecule has 0 saturated heterocycles. The van der Waals surface area contributed by atoms with Crippen molar-refractivity contribution in [3.05, 3.63) is 34.3 Å². The van der Waals surface area contributed by atoms with E-state index in [-0.39, 0.29) is 6.04 Å². The Bertz CT molecular complexity index is 357. The average Bonchev–Trinajstić information content (AvgIpc) is 2.29. The average molecular weight is 304 g/mol. The second-order valence-corrected chi connectivity index (χ2v) is 6.35. The van der Waals surface area contributed by atoms with Crippen LogP contribution in [0.15, 0.2) is 28.7 Å². The zero-order valence-corrected chi connectivity index (χ0v) is 12.1. The van der Waals surface area contributed by atoms with Crippen molar-refractivity contribution in [3.8, 4) is 0 Å². The lowest BCUT2D eigenvalue weighted by molar-refractivity contribution is 0.594. The van der Waals surface area contributed by atoms with Gasteiger partial charge in [0.05, 0.1) is 0 Å². The molecule has 0 heterocycles. The Morgan fingerprint density at radius 3 is 2.75 bits per heavy atom. The summed E-state index contributed by atoms with van der Waals surface area (Å²) in [6.07, 6.45) is 0. The first-order chi connectivity index (χ1) is 7.65. The van der Waals surface area contributed by atoms with Gasteiger partial charge in [0.2, 0.25) is 0 Å². The van der Waals surface area contributed by atoms with E-state index in [2.05, 4.69) is 34.2 Å². The molecule has 2 unspecified atom stereocenters. The maximum absolute atomic E-state index is 11.3. The monoisotopic (exact) mass is 303 g/mol. The van der Waals surface area contributed by atoms with E-state index in [0.29, 0.717) is 0 Å². The number of hydrogen-bond acceptors (Lipinski definition) is 2. The molecule has 1 N–H and O–H groups in total. The molecule has 0 spiro atoms. The van der Waals surface area contributed by atoms with Crippen molar-refractivity contribution in [2.45, 2.75) is 19.9 Å². The third-order valence-electron chi connectivity index (χ3n) is 2.47. The van der Waals surface area contributed by atoms with E-state index in [1.165, 1.54) is 5.56 Å². The summed E-state index contributed by atoms with van der Waals surface area (Å²) in [5.74, 6) is 1.47. The highest BCUT2D eigenvalue weighted by Crippen LogP contribution is 2.22. The smallest absolute Gasteiger partial charge is 0.0360 e. The Kier molecular flexibility index (Phi) is 6.24. The van der Waals surface area contributed by atoms with Gasteiger partial charge in [0.25, 0.3) is 0 Å². The molecule has 0 fully saturated rings. The molecular formula is C12H18BrNOS. The van der Waals surface area contributed by atoms with Gasteiger partial charge in [0, 0.05) is 39.4 Å². The van der Waals surface area contributed by atoms with E-state index in [4.69, 9.17) is 0 Å². The summed E-state index contributed by atoms with van der Waals surface area (Å²) in [5, 5.41) is 3.38. The highest BCUT2D eigenvalue weighted by Gasteiger charge is 2.07. The molecule has 0 aliphatic carbocycles. The summed E-state index contributed by atoms with van der Waals surface area (Å²) < 4.78 is 12.4. The molecule has 0 radical (unpaired) electrons. The van der Waals surface area contributed by atoms with Crippen LogP contribution in [0.25, 0.3) is 0 Å². The Morgan fingerprint density at radius 2 is 2.12 bits per heavy atom. The van der Waals surface area contributed by atoms with E-state index >= 15 is 0 Å². The largest absolute Gasteiger partial charge is 0.309 e. The SMILES string of the molecule is CCS(=O)CCNC(C)c1ccccc1Br. The van der Waals surface area contributed by atoms with Crippen LogP contribution in [0.2, 0.25) is 0 Å². The highest BCUT2D eigenvalue weighted by molar-refractivity contribution is 9.10. The number of nitrogens with one attached hydrogen (secondary N) is 1. The molecule has 0 saturated carbocycles. The minimum Gasteiger partial charge on any atom is -0.309 e. The predicted octanol–water partition coefficient (Wildman–Crippen LogP) is 2.87. The van der Waals surface area contributed by atoms with Crippen LogP contribution >= 0.6 is 15.9 Å². The number of halogens is 1. The van der Waals surface area contributed by atoms with Crippen molar-refractivity contribution in [3.63, 3.8) is 0 Å². The van der Waals surface area contributed by atoms with Gasteiger partial charge in [0.15, 0.2) is 0 Å². The fraction of sp³-hybridized carbons (Fsp3) is 0.500. The first-order valence-corrected chi connectivity index (χ1v) is 7.76. The molecular weight excluding hydrogens is 286 g/mol. The summed E-state index contributed by atoms with van der Waals surface area (Å²) in [6, 6.07) is 8.45. The van der Waals surface area contributed by atoms with Gasteiger partial charge in [-0.05, 0) is 18.6 Å². The lowest BCUT2D eigenvalue weighted by Crippen LogP contribution is -2.24. The van der Waals surface area contributed by atoms with E-state index in [1.807, 2.05) is 25.1 Å². The molecule has 1 aromatic carbocycles. The van der Waals surface area contributed by atoms with Gasteiger partial charge >= 0.3 is 0 Å². The van der Waals surface area contributed by atoms with Crippen LogP contribution in [0.5, 0.6) is 0 Å². The fourth-order valence-corrected chi connectivity index (χ4v) is 2.73. The van der Waals surface area contributed by atoms with Crippen LogP contribution in [-0.2, 0) is 10.8 Å². The summed E-state index contributed by atoms with van der Waals surface area (Å²) in [4.78, 5) is 0. The molecule has 90 valence electrons. The molecule has 2 nitrogen and oxygen atoms in total. The van der Waals surface area contributed by atoms with Gasteiger partial charge in [0.1, 0.15) is 0 Å². The zero-order valence-electron chi connectivity index (χ0n) is 9.70. The van der Waals surface area contributed by atoms with E-state index in [0.717, 1.165) is 22.5 Å². The van der Waals surface area contributed by atoms with E-state index < -0.39 is 10.8 Å². The van der Waals surface area contributed by atoms with Crippen molar-refractivity contribution in [2.24, 2.45) is 0 Å². The van der Waals surface area contributed by atoms with Crippen LogP contribution in [-0.4, -0.2) is 22.3 Å². The Hall–Kier alpha value is -0.190. The van der Waals surface area contributed by atoms with Crippen LogP contribution in [0.3, 0.4) is 0 Å². The van der Waals surface area contributed by atoms with Crippen molar-refractivity contribution in [1.82, 2.24) is 5.32 Å². The van der Waals surface area contributed by atoms with Crippen molar-refractivity contribution >= 4 is 26.7 Å². The summed E-state index contributed by atoms with van der Waals surface area (Å²) in [6.45, 7) is 4.87. The zero-order chi connectivity index (χ0) is 12.0. The molecule has 0 aliphatic rings. The lowest BCUT2D eigenvalue weighted by atomic mass is 10.1. The summed E-state index contributed by atoms with van der Waals surface area (Å²) in [7, 11) is -0.679. The van der Waals surface area contributed by atoms with Crippen LogP contribution in [0, 0.1) is 0 Å². The van der Waals surface area contributed by atoms with Crippen LogP contribution in [0.4, 0.5) is 0 Å². The van der Waals surface area contributed by atoms with Crippen LogP contribution < -0.4 is 5.32 Å². The molecule has 0 aliphatic heterocycles. The van der Waals surface area contributed by atoms with E-state index in [1.54, 1.807) is 0 Å². The predicted molar refractivity (Wildman–Crippen MR) is 74.1 cm³/mol. The molecule has 0 amide bonds. The van der Waals surface area contributed by atoms with Gasteiger partial charge in [-0.2, -0.15) is 0 Å². The topological polar surface area (TPSA) is 29.1 Å². The molecule has 16 heavy (non-hydrogen) atoms. The molecule has 2 atom stereocenters. The van der Waals surface area contributed by atoms with Gasteiger partial charge < -0.3 is 5.32 Å². The van der Waals surface area contributed by atoms with Gasteiger partial charge in [-0.3, -0.25) is 4.21 Å². The third-order valence-corrected chi connectivity index (χ3v) is 4.50. The van der Waals surface area contributed by atoms with Crippen molar-refractivity contribution < 1.29 is 4.21 Å². The first kappa shape index (κ1) is 13.9. The maximum Gasteiger partial charge on any atom is 0.0360 e. The molecule has 0 bridgehead atoms. The number of rotatable bonds is 6. The lowest BCUT2D eigenvalue weighted by Gasteiger charge is -2.15. The highest BCUT2D eigenvalue weighted by atomic mass is 79.9. The minimum absolute atomic E-state index is 0.282. The first-order valence-electron chi connectivity index (χ1n) is 5.48. The maximum atomic E-state index is 11.3. The Balaban J connectivity index is 2.44. The Labute approximate surface area is 108 Å². The molecule has 4 heteroatoms. The second kappa shape index (κ2) is 7.20. The Morgan fingerprint density at radius 1 is 1.44 bits per heavy atom.